The molecule has 2 aliphatic heterocycles. The number of carbonyl (C=O) groups excluding carboxylic acids is 1. The molecule has 0 radical (unpaired) electrons. The molecule has 2 fully saturated rings. The lowest BCUT2D eigenvalue weighted by Gasteiger charge is -2.32. The molecule has 2 aliphatic rings. The highest BCUT2D eigenvalue weighted by atomic mass is 31.2. The van der Waals surface area contributed by atoms with Crippen molar-refractivity contribution < 1.29 is 18.4 Å². The zero-order valence-corrected chi connectivity index (χ0v) is 16.6. The van der Waals surface area contributed by atoms with Crippen molar-refractivity contribution in [2.24, 2.45) is 0 Å². The number of hydrogen-bond acceptors (Lipinski definition) is 5. The summed E-state index contributed by atoms with van der Waals surface area (Å²) < 4.78 is 25.9. The van der Waals surface area contributed by atoms with Crippen LogP contribution in [0.15, 0.2) is 60.7 Å². The molecule has 2 atom stereocenters. The molecule has 1 amide bonds. The fourth-order valence-electron chi connectivity index (χ4n) is 3.83. The zero-order chi connectivity index (χ0) is 19.4. The van der Waals surface area contributed by atoms with E-state index in [-0.39, 0.29) is 11.9 Å². The summed E-state index contributed by atoms with van der Waals surface area (Å²) in [5.41, 5.74) is 0. The third kappa shape index (κ3) is 4.08. The summed E-state index contributed by atoms with van der Waals surface area (Å²) in [5.74, 6) is 0.344. The van der Waals surface area contributed by atoms with E-state index in [0.717, 1.165) is 25.8 Å². The first-order valence-electron chi connectivity index (χ1n) is 9.79. The van der Waals surface area contributed by atoms with E-state index in [9.17, 15) is 9.36 Å². The Morgan fingerprint density at radius 3 is 2.07 bits per heavy atom. The third-order valence-corrected chi connectivity index (χ3v) is 7.38. The monoisotopic (exact) mass is 400 g/mol. The molecule has 0 aliphatic carbocycles. The van der Waals surface area contributed by atoms with Crippen LogP contribution in [0.5, 0.6) is 11.5 Å². The number of nitrogens with zero attached hydrogens (tertiary/aromatic N) is 1. The first-order valence-corrected chi connectivity index (χ1v) is 11.4. The van der Waals surface area contributed by atoms with Gasteiger partial charge in [0.25, 0.3) is 0 Å². The van der Waals surface area contributed by atoms with Crippen molar-refractivity contribution in [2.45, 2.75) is 37.5 Å². The predicted molar refractivity (Wildman–Crippen MR) is 108 cm³/mol. The van der Waals surface area contributed by atoms with Gasteiger partial charge in [0, 0.05) is 6.54 Å². The van der Waals surface area contributed by atoms with Crippen molar-refractivity contribution in [3.05, 3.63) is 60.7 Å². The lowest BCUT2D eigenvalue weighted by molar-refractivity contribution is -0.132. The molecule has 2 aromatic carbocycles. The van der Waals surface area contributed by atoms with E-state index in [1.807, 2.05) is 36.4 Å². The molecule has 0 unspecified atom stereocenters. The second-order valence-electron chi connectivity index (χ2n) is 7.15. The minimum absolute atomic E-state index is 0.00597. The molecule has 0 spiro atoms. The normalized spacial score (nSPS) is 22.2. The van der Waals surface area contributed by atoms with Crippen molar-refractivity contribution >= 4 is 13.5 Å². The maximum Gasteiger partial charge on any atom is 0.453 e. The summed E-state index contributed by atoms with van der Waals surface area (Å²) in [6.07, 6.45) is 3.16. The minimum atomic E-state index is -3.68. The van der Waals surface area contributed by atoms with E-state index in [1.54, 1.807) is 29.2 Å². The molecule has 148 valence electrons. The van der Waals surface area contributed by atoms with Crippen molar-refractivity contribution in [3.63, 3.8) is 0 Å². The third-order valence-electron chi connectivity index (χ3n) is 5.18. The lowest BCUT2D eigenvalue weighted by atomic mass is 10.2. The first-order chi connectivity index (χ1) is 13.7. The fraction of sp³-hybridized carbons (Fsp3) is 0.381. The van der Waals surface area contributed by atoms with Crippen LogP contribution in [0.2, 0.25) is 0 Å². The number of rotatable bonds is 6. The highest BCUT2D eigenvalue weighted by Gasteiger charge is 2.48. The highest BCUT2D eigenvalue weighted by molar-refractivity contribution is 7.55. The number of benzene rings is 2. The number of nitrogens with one attached hydrogen (secondary N) is 1. The van der Waals surface area contributed by atoms with E-state index >= 15 is 0 Å². The highest BCUT2D eigenvalue weighted by Crippen LogP contribution is 2.57. The average Bonchev–Trinajstić information content (AvgIpc) is 3.41. The van der Waals surface area contributed by atoms with Crippen LogP contribution >= 0.6 is 7.60 Å². The number of para-hydroxylation sites is 2. The molecular formula is C21H25N2O4P. The van der Waals surface area contributed by atoms with E-state index in [4.69, 9.17) is 9.05 Å². The smallest absolute Gasteiger partial charge is 0.415 e. The van der Waals surface area contributed by atoms with Gasteiger partial charge in [-0.05, 0) is 56.5 Å². The van der Waals surface area contributed by atoms with Crippen molar-refractivity contribution in [1.29, 1.82) is 0 Å². The van der Waals surface area contributed by atoms with Gasteiger partial charge in [0.15, 0.2) is 5.78 Å². The molecule has 28 heavy (non-hydrogen) atoms. The molecule has 6 nitrogen and oxygen atoms in total. The Balaban J connectivity index is 1.63. The molecule has 0 saturated carbocycles. The summed E-state index contributed by atoms with van der Waals surface area (Å²) >= 11 is 0. The van der Waals surface area contributed by atoms with Gasteiger partial charge in [0.05, 0.1) is 6.04 Å². The van der Waals surface area contributed by atoms with Crippen molar-refractivity contribution in [1.82, 2.24) is 10.2 Å². The molecule has 0 bridgehead atoms. The topological polar surface area (TPSA) is 67.9 Å². The number of likely N-dealkylation sites (tertiary alicyclic amines) is 1. The summed E-state index contributed by atoms with van der Waals surface area (Å²) in [6.45, 7) is 1.41. The maximum absolute atomic E-state index is 14.0. The molecule has 1 N–H and O–H groups in total. The fourth-order valence-corrected chi connectivity index (χ4v) is 6.01. The number of carbonyl (C=O) groups is 1. The second-order valence-corrected chi connectivity index (χ2v) is 9.19. The Bertz CT molecular complexity index is 794. The van der Waals surface area contributed by atoms with Crippen LogP contribution in [0.25, 0.3) is 0 Å². The quantitative estimate of drug-likeness (QED) is 0.742. The second kappa shape index (κ2) is 8.38. The van der Waals surface area contributed by atoms with Gasteiger partial charge in [0.1, 0.15) is 11.5 Å². The standard InChI is InChI=1S/C21H25N2O4P/c24-21(19-13-7-15-22-19)23-16-8-14-20(23)28(25,26-17-9-3-1-4-10-17)27-18-11-5-2-6-12-18/h1-6,9-12,19-20,22H,7-8,13-16H2/t19-,20-/m0/s1. The predicted octanol–water partition coefficient (Wildman–Crippen LogP) is 4.04. The van der Waals surface area contributed by atoms with E-state index in [2.05, 4.69) is 5.32 Å². The van der Waals surface area contributed by atoms with E-state index < -0.39 is 13.4 Å². The summed E-state index contributed by atoms with van der Waals surface area (Å²) in [5, 5.41) is 3.24. The summed E-state index contributed by atoms with van der Waals surface area (Å²) in [4.78, 5) is 14.7. The Morgan fingerprint density at radius 1 is 0.929 bits per heavy atom. The van der Waals surface area contributed by atoms with Crippen LogP contribution < -0.4 is 14.4 Å². The molecular weight excluding hydrogens is 375 g/mol. The van der Waals surface area contributed by atoms with E-state index in [0.29, 0.717) is 24.5 Å². The van der Waals surface area contributed by atoms with Gasteiger partial charge in [-0.15, -0.1) is 0 Å². The van der Waals surface area contributed by atoms with Gasteiger partial charge in [-0.1, -0.05) is 36.4 Å². The van der Waals surface area contributed by atoms with Gasteiger partial charge in [-0.3, -0.25) is 4.79 Å². The Labute approximate surface area is 165 Å². The van der Waals surface area contributed by atoms with Gasteiger partial charge in [-0.2, -0.15) is 0 Å². The van der Waals surface area contributed by atoms with Gasteiger partial charge < -0.3 is 19.3 Å². The SMILES string of the molecule is O=C([C@@H]1CCCN1)N1CCC[C@@H]1P(=O)(Oc1ccccc1)Oc1ccccc1. The largest absolute Gasteiger partial charge is 0.453 e. The minimum Gasteiger partial charge on any atom is -0.415 e. The van der Waals surface area contributed by atoms with Crippen LogP contribution in [0.3, 0.4) is 0 Å². The van der Waals surface area contributed by atoms with Gasteiger partial charge >= 0.3 is 7.60 Å². The van der Waals surface area contributed by atoms with Gasteiger partial charge in [0.2, 0.25) is 5.91 Å². The molecule has 2 heterocycles. The van der Waals surface area contributed by atoms with Gasteiger partial charge in [-0.25, -0.2) is 4.57 Å². The van der Waals surface area contributed by atoms with Crippen LogP contribution in [0.1, 0.15) is 25.7 Å². The molecule has 2 aromatic rings. The maximum atomic E-state index is 14.0. The first kappa shape index (κ1) is 19.0. The van der Waals surface area contributed by atoms with Crippen molar-refractivity contribution in [2.75, 3.05) is 13.1 Å². The summed E-state index contributed by atoms with van der Waals surface area (Å²) in [6, 6.07) is 17.8. The molecule has 0 aromatic heterocycles. The molecule has 7 heteroatoms. The zero-order valence-electron chi connectivity index (χ0n) is 15.7. The number of amides is 1. The lowest BCUT2D eigenvalue weighted by Crippen LogP contribution is -2.46. The van der Waals surface area contributed by atoms with Crippen LogP contribution in [-0.4, -0.2) is 35.7 Å². The molecule has 4 rings (SSSR count). The van der Waals surface area contributed by atoms with Crippen LogP contribution in [0.4, 0.5) is 0 Å². The number of hydrogen-bond donors (Lipinski definition) is 1. The van der Waals surface area contributed by atoms with Crippen LogP contribution in [0, 0.1) is 0 Å². The Morgan fingerprint density at radius 2 is 1.54 bits per heavy atom. The van der Waals surface area contributed by atoms with Crippen molar-refractivity contribution in [3.8, 4) is 11.5 Å². The van der Waals surface area contributed by atoms with E-state index in [1.165, 1.54) is 0 Å². The Hall–Kier alpha value is -2.30. The molecule has 2 saturated heterocycles. The summed E-state index contributed by atoms with van der Waals surface area (Å²) in [7, 11) is -3.68. The van der Waals surface area contributed by atoms with Crippen LogP contribution in [-0.2, 0) is 9.36 Å². The Kier molecular flexibility index (Phi) is 5.69. The average molecular weight is 400 g/mol.